The summed E-state index contributed by atoms with van der Waals surface area (Å²) in [5.74, 6) is -3.69. The molecule has 0 saturated carbocycles. The van der Waals surface area contributed by atoms with E-state index in [0.717, 1.165) is 37.8 Å². The smallest absolute Gasteiger partial charge is 0.337 e. The van der Waals surface area contributed by atoms with Crippen LogP contribution in [-0.2, 0) is 10.7 Å². The molecule has 1 fully saturated rings. The molecule has 1 aromatic heterocycles. The first-order chi connectivity index (χ1) is 17.2. The summed E-state index contributed by atoms with van der Waals surface area (Å²) < 4.78 is 54.7. The number of esters is 1. The fraction of sp³-hybridized carbons (Fsp3) is 0.222. The van der Waals surface area contributed by atoms with Gasteiger partial charge in [0.1, 0.15) is 11.6 Å². The van der Waals surface area contributed by atoms with Crippen LogP contribution < -0.4 is 15.4 Å². The molecule has 0 aliphatic carbocycles. The molecule has 3 aromatic carbocycles. The minimum absolute atomic E-state index is 0. The van der Waals surface area contributed by atoms with Crippen LogP contribution in [0.5, 0.6) is 11.5 Å². The monoisotopic (exact) mass is 548 g/mol. The van der Waals surface area contributed by atoms with Crippen LogP contribution in [0.3, 0.4) is 0 Å². The van der Waals surface area contributed by atoms with Gasteiger partial charge >= 0.3 is 5.97 Å². The van der Waals surface area contributed by atoms with Gasteiger partial charge in [0.15, 0.2) is 5.75 Å². The van der Waals surface area contributed by atoms with Gasteiger partial charge in [-0.2, -0.15) is 0 Å². The number of hydrogen-bond donors (Lipinski definition) is 2. The Morgan fingerprint density at radius 1 is 1.08 bits per heavy atom. The predicted molar refractivity (Wildman–Crippen MR) is 142 cm³/mol. The Balaban J connectivity index is 0.00000320. The first-order valence-corrected chi connectivity index (χ1v) is 12.1. The summed E-state index contributed by atoms with van der Waals surface area (Å²) in [6, 6.07) is 16.0. The molecule has 5 nitrogen and oxygen atoms in total. The molecule has 2 N–H and O–H groups in total. The Labute approximate surface area is 222 Å². The highest BCUT2D eigenvalue weighted by Gasteiger charge is 2.31. The van der Waals surface area contributed by atoms with Crippen molar-refractivity contribution in [3.63, 3.8) is 0 Å². The second-order valence-corrected chi connectivity index (χ2v) is 9.72. The molecule has 4 aromatic rings. The predicted octanol–water partition coefficient (Wildman–Crippen LogP) is 7.20. The number of fused-ring (bicyclic) bond motifs is 1. The summed E-state index contributed by atoms with van der Waals surface area (Å²) >= 11 is 1.19. The third-order valence-electron chi connectivity index (χ3n) is 5.99. The molecule has 1 saturated heterocycles. The van der Waals surface area contributed by atoms with Gasteiger partial charge in [-0.3, -0.25) is 0 Å². The van der Waals surface area contributed by atoms with Crippen molar-refractivity contribution in [3.8, 4) is 21.9 Å². The van der Waals surface area contributed by atoms with E-state index in [1.807, 2.05) is 12.1 Å². The Bertz CT molecular complexity index is 1430. The molecule has 37 heavy (non-hydrogen) atoms. The van der Waals surface area contributed by atoms with Crippen LogP contribution in [0, 0.1) is 5.82 Å². The zero-order chi connectivity index (χ0) is 25.4. The SMILES string of the molecule is COC(=O)c1ccc2c(Oc3ccc(NC4CNC4)cc3)c(-c3ccc(F)cc3C(C)(F)F)sc2c1.Cl. The van der Waals surface area contributed by atoms with Crippen molar-refractivity contribution in [2.45, 2.75) is 18.9 Å². The lowest BCUT2D eigenvalue weighted by atomic mass is 10.00. The van der Waals surface area contributed by atoms with Gasteiger partial charge in [-0.15, -0.1) is 23.7 Å². The molecule has 0 amide bonds. The lowest BCUT2D eigenvalue weighted by Gasteiger charge is -2.29. The number of carbonyl (C=O) groups is 1. The van der Waals surface area contributed by atoms with Crippen LogP contribution in [0.4, 0.5) is 18.9 Å². The first-order valence-electron chi connectivity index (χ1n) is 11.3. The van der Waals surface area contributed by atoms with Crippen molar-refractivity contribution in [2.24, 2.45) is 0 Å². The molecule has 0 radical (unpaired) electrons. The van der Waals surface area contributed by atoms with Gasteiger partial charge in [0.05, 0.1) is 23.6 Å². The molecule has 194 valence electrons. The van der Waals surface area contributed by atoms with E-state index in [0.29, 0.717) is 38.1 Å². The summed E-state index contributed by atoms with van der Waals surface area (Å²) in [5, 5.41) is 7.25. The lowest BCUT2D eigenvalue weighted by Crippen LogP contribution is -2.51. The summed E-state index contributed by atoms with van der Waals surface area (Å²) in [6.45, 7) is 2.54. The fourth-order valence-electron chi connectivity index (χ4n) is 4.04. The standard InChI is InChI=1S/C27H23F3N2O3S.ClH/c1-27(29,30)22-12-16(28)4-10-20(22)25-24(21-9-3-15(26(33)34-2)11-23(21)36-25)35-19-7-5-17(6-8-19)32-18-13-31-14-18;/h3-12,18,31-32H,13-14H2,1-2H3;1H. The maximum Gasteiger partial charge on any atom is 0.337 e. The van der Waals surface area contributed by atoms with E-state index in [1.165, 1.54) is 24.5 Å². The number of hydrogen-bond acceptors (Lipinski definition) is 6. The number of rotatable bonds is 7. The number of anilines is 1. The lowest BCUT2D eigenvalue weighted by molar-refractivity contribution is 0.0178. The van der Waals surface area contributed by atoms with Gasteiger partial charge < -0.3 is 20.1 Å². The molecule has 0 unspecified atom stereocenters. The van der Waals surface area contributed by atoms with Crippen molar-refractivity contribution in [1.29, 1.82) is 0 Å². The molecule has 5 rings (SSSR count). The second kappa shape index (κ2) is 10.6. The normalized spacial score (nSPS) is 13.5. The van der Waals surface area contributed by atoms with Crippen LogP contribution in [0.25, 0.3) is 20.5 Å². The minimum Gasteiger partial charge on any atom is -0.465 e. The van der Waals surface area contributed by atoms with E-state index < -0.39 is 23.3 Å². The second-order valence-electron chi connectivity index (χ2n) is 8.67. The van der Waals surface area contributed by atoms with Crippen molar-refractivity contribution in [3.05, 3.63) is 77.6 Å². The maximum atomic E-state index is 14.5. The molecular formula is C27H24ClF3N2O3S. The fourth-order valence-corrected chi connectivity index (χ4v) is 5.25. The van der Waals surface area contributed by atoms with Crippen LogP contribution in [0.15, 0.2) is 60.7 Å². The Kier molecular flexibility index (Phi) is 7.68. The molecular weight excluding hydrogens is 525 g/mol. The Morgan fingerprint density at radius 3 is 2.43 bits per heavy atom. The van der Waals surface area contributed by atoms with Gasteiger partial charge in [-0.05, 0) is 54.6 Å². The highest BCUT2D eigenvalue weighted by atomic mass is 35.5. The van der Waals surface area contributed by atoms with E-state index >= 15 is 0 Å². The summed E-state index contributed by atoms with van der Waals surface area (Å²) in [4.78, 5) is 12.5. The van der Waals surface area contributed by atoms with E-state index in [-0.39, 0.29) is 18.0 Å². The largest absolute Gasteiger partial charge is 0.465 e. The van der Waals surface area contributed by atoms with Gasteiger partial charge in [0.2, 0.25) is 0 Å². The molecule has 0 bridgehead atoms. The third-order valence-corrected chi connectivity index (χ3v) is 7.16. The topological polar surface area (TPSA) is 59.6 Å². The molecule has 1 aliphatic rings. The van der Waals surface area contributed by atoms with Crippen molar-refractivity contribution < 1.29 is 27.4 Å². The highest BCUT2D eigenvalue weighted by molar-refractivity contribution is 7.22. The molecule has 2 heterocycles. The first kappa shape index (κ1) is 26.8. The number of ether oxygens (including phenoxy) is 2. The molecule has 0 spiro atoms. The number of halogens is 4. The van der Waals surface area contributed by atoms with Gasteiger partial charge in [-0.25, -0.2) is 18.0 Å². The number of benzene rings is 3. The van der Waals surface area contributed by atoms with E-state index in [9.17, 15) is 18.0 Å². The number of carbonyl (C=O) groups excluding carboxylic acids is 1. The minimum atomic E-state index is -3.29. The zero-order valence-electron chi connectivity index (χ0n) is 19.9. The molecule has 1 aliphatic heterocycles. The van der Waals surface area contributed by atoms with Crippen molar-refractivity contribution >= 4 is 45.5 Å². The van der Waals surface area contributed by atoms with E-state index in [1.54, 1.807) is 30.3 Å². The van der Waals surface area contributed by atoms with Crippen LogP contribution in [0.2, 0.25) is 0 Å². The van der Waals surface area contributed by atoms with Crippen LogP contribution in [0.1, 0.15) is 22.8 Å². The van der Waals surface area contributed by atoms with E-state index in [2.05, 4.69) is 10.6 Å². The third kappa shape index (κ3) is 5.53. The number of alkyl halides is 2. The van der Waals surface area contributed by atoms with Crippen LogP contribution in [-0.4, -0.2) is 32.2 Å². The summed E-state index contributed by atoms with van der Waals surface area (Å²) in [7, 11) is 1.29. The Morgan fingerprint density at radius 2 is 1.81 bits per heavy atom. The van der Waals surface area contributed by atoms with Gasteiger partial charge in [0, 0.05) is 46.9 Å². The van der Waals surface area contributed by atoms with Gasteiger partial charge in [-0.1, -0.05) is 6.07 Å². The summed E-state index contributed by atoms with van der Waals surface area (Å²) in [5.41, 5.74) is 0.986. The average molecular weight is 549 g/mol. The Hall–Kier alpha value is -3.27. The number of thiophene rings is 1. The average Bonchev–Trinajstić information content (AvgIpc) is 3.18. The van der Waals surface area contributed by atoms with Gasteiger partial charge in [0.25, 0.3) is 5.92 Å². The number of nitrogens with one attached hydrogen (secondary N) is 2. The van der Waals surface area contributed by atoms with Crippen LogP contribution >= 0.6 is 23.7 Å². The van der Waals surface area contributed by atoms with Crippen molar-refractivity contribution in [2.75, 3.05) is 25.5 Å². The zero-order valence-corrected chi connectivity index (χ0v) is 21.6. The molecule has 10 heteroatoms. The highest BCUT2D eigenvalue weighted by Crippen LogP contribution is 2.49. The summed E-state index contributed by atoms with van der Waals surface area (Å²) in [6.07, 6.45) is 0. The van der Waals surface area contributed by atoms with Crippen molar-refractivity contribution in [1.82, 2.24) is 5.32 Å². The maximum absolute atomic E-state index is 14.5. The van der Waals surface area contributed by atoms with E-state index in [4.69, 9.17) is 9.47 Å². The quantitative estimate of drug-likeness (QED) is 0.239. The molecule has 0 atom stereocenters. The number of methoxy groups -OCH3 is 1.